The third kappa shape index (κ3) is 1.60. The van der Waals surface area contributed by atoms with E-state index in [0.717, 1.165) is 30.8 Å². The van der Waals surface area contributed by atoms with Crippen molar-refractivity contribution in [2.75, 3.05) is 13.1 Å². The highest BCUT2D eigenvalue weighted by Gasteiger charge is 2.46. The minimum atomic E-state index is 0.325. The number of nitrogens with zero attached hydrogens (tertiary/aromatic N) is 1. The van der Waals surface area contributed by atoms with Gasteiger partial charge in [-0.3, -0.25) is 4.90 Å². The van der Waals surface area contributed by atoms with Crippen molar-refractivity contribution in [3.63, 3.8) is 0 Å². The van der Waals surface area contributed by atoms with Gasteiger partial charge >= 0.3 is 0 Å². The van der Waals surface area contributed by atoms with Crippen molar-refractivity contribution in [1.82, 2.24) is 4.90 Å². The standard InChI is InChI=1S/C12H20FN/c1-10(2)6-12-4-3-5-14(12)9-11(7-12)8-13/h8,10H,3-7,9H2,1-2H3. The van der Waals surface area contributed by atoms with Crippen molar-refractivity contribution in [3.8, 4) is 0 Å². The first-order chi connectivity index (χ1) is 6.66. The van der Waals surface area contributed by atoms with Crippen LogP contribution in [-0.4, -0.2) is 23.5 Å². The topological polar surface area (TPSA) is 3.24 Å². The maximum absolute atomic E-state index is 12.5. The summed E-state index contributed by atoms with van der Waals surface area (Å²) in [5.74, 6) is 0.717. The molecule has 0 saturated carbocycles. The monoisotopic (exact) mass is 197 g/mol. The quantitative estimate of drug-likeness (QED) is 0.657. The molecule has 2 aliphatic heterocycles. The zero-order valence-corrected chi connectivity index (χ0v) is 9.22. The molecule has 2 fully saturated rings. The van der Waals surface area contributed by atoms with Crippen molar-refractivity contribution in [1.29, 1.82) is 0 Å². The summed E-state index contributed by atoms with van der Waals surface area (Å²) in [6.45, 7) is 6.58. The van der Waals surface area contributed by atoms with Gasteiger partial charge in [-0.15, -0.1) is 0 Å². The normalized spacial score (nSPS) is 35.9. The predicted molar refractivity (Wildman–Crippen MR) is 56.8 cm³/mol. The third-order valence-electron chi connectivity index (χ3n) is 3.63. The number of halogens is 1. The van der Waals surface area contributed by atoms with E-state index in [0.29, 0.717) is 5.54 Å². The van der Waals surface area contributed by atoms with Crippen LogP contribution >= 0.6 is 0 Å². The Hall–Kier alpha value is -0.370. The van der Waals surface area contributed by atoms with Crippen LogP contribution in [0.3, 0.4) is 0 Å². The van der Waals surface area contributed by atoms with Gasteiger partial charge in [0.15, 0.2) is 0 Å². The first kappa shape index (κ1) is 10.2. The lowest BCUT2D eigenvalue weighted by Gasteiger charge is -2.33. The number of hydrogen-bond donors (Lipinski definition) is 0. The molecule has 2 rings (SSSR count). The Morgan fingerprint density at radius 3 is 3.00 bits per heavy atom. The molecular formula is C12H20FN. The third-order valence-corrected chi connectivity index (χ3v) is 3.63. The van der Waals surface area contributed by atoms with Crippen LogP contribution in [0.2, 0.25) is 0 Å². The SMILES string of the molecule is CC(C)CC12CCCN1CC(=CF)C2. The molecular weight excluding hydrogens is 177 g/mol. The fourth-order valence-electron chi connectivity index (χ4n) is 3.30. The van der Waals surface area contributed by atoms with E-state index in [1.165, 1.54) is 25.8 Å². The maximum Gasteiger partial charge on any atom is 0.0872 e. The van der Waals surface area contributed by atoms with Gasteiger partial charge in [0.05, 0.1) is 6.33 Å². The van der Waals surface area contributed by atoms with Crippen molar-refractivity contribution < 1.29 is 4.39 Å². The van der Waals surface area contributed by atoms with Crippen LogP contribution < -0.4 is 0 Å². The fraction of sp³-hybridized carbons (Fsp3) is 0.833. The summed E-state index contributed by atoms with van der Waals surface area (Å²) >= 11 is 0. The van der Waals surface area contributed by atoms with Crippen LogP contribution in [-0.2, 0) is 0 Å². The summed E-state index contributed by atoms with van der Waals surface area (Å²) in [7, 11) is 0. The highest BCUT2D eigenvalue weighted by molar-refractivity contribution is 5.18. The van der Waals surface area contributed by atoms with Crippen LogP contribution in [0.15, 0.2) is 11.9 Å². The van der Waals surface area contributed by atoms with Gasteiger partial charge < -0.3 is 0 Å². The van der Waals surface area contributed by atoms with E-state index >= 15 is 0 Å². The molecule has 0 aliphatic carbocycles. The zero-order valence-electron chi connectivity index (χ0n) is 9.22. The van der Waals surface area contributed by atoms with Gasteiger partial charge in [-0.05, 0) is 43.7 Å². The van der Waals surface area contributed by atoms with E-state index in [1.807, 2.05) is 0 Å². The number of rotatable bonds is 2. The summed E-state index contributed by atoms with van der Waals surface area (Å²) in [5.41, 5.74) is 1.33. The van der Waals surface area contributed by atoms with Crippen molar-refractivity contribution >= 4 is 0 Å². The summed E-state index contributed by atoms with van der Waals surface area (Å²) in [6.07, 6.45) is 5.60. The lowest BCUT2D eigenvalue weighted by atomic mass is 9.84. The highest BCUT2D eigenvalue weighted by atomic mass is 19.1. The molecule has 2 heterocycles. The predicted octanol–water partition coefficient (Wildman–Crippen LogP) is 3.12. The molecule has 1 atom stereocenters. The molecule has 2 saturated heterocycles. The Labute approximate surface area is 86.0 Å². The van der Waals surface area contributed by atoms with Crippen LogP contribution in [0.4, 0.5) is 4.39 Å². The molecule has 0 aromatic rings. The minimum Gasteiger partial charge on any atom is -0.293 e. The lowest BCUT2D eigenvalue weighted by Crippen LogP contribution is -2.39. The average molecular weight is 197 g/mol. The first-order valence-electron chi connectivity index (χ1n) is 5.69. The van der Waals surface area contributed by atoms with Gasteiger partial charge in [0, 0.05) is 12.1 Å². The molecule has 1 unspecified atom stereocenters. The Bertz CT molecular complexity index is 247. The fourth-order valence-corrected chi connectivity index (χ4v) is 3.30. The van der Waals surface area contributed by atoms with Crippen LogP contribution in [0.5, 0.6) is 0 Å². The van der Waals surface area contributed by atoms with Crippen molar-refractivity contribution in [2.24, 2.45) is 5.92 Å². The van der Waals surface area contributed by atoms with Crippen LogP contribution in [0.25, 0.3) is 0 Å². The molecule has 0 spiro atoms. The van der Waals surface area contributed by atoms with E-state index in [1.54, 1.807) is 0 Å². The van der Waals surface area contributed by atoms with E-state index in [4.69, 9.17) is 0 Å². The molecule has 2 aliphatic rings. The molecule has 0 bridgehead atoms. The summed E-state index contributed by atoms with van der Waals surface area (Å²) in [6, 6.07) is 0. The smallest absolute Gasteiger partial charge is 0.0872 e. The largest absolute Gasteiger partial charge is 0.293 e. The Morgan fingerprint density at radius 1 is 1.57 bits per heavy atom. The summed E-state index contributed by atoms with van der Waals surface area (Å²) < 4.78 is 12.5. The van der Waals surface area contributed by atoms with Gasteiger partial charge in [-0.2, -0.15) is 0 Å². The van der Waals surface area contributed by atoms with Gasteiger partial charge in [-0.1, -0.05) is 13.8 Å². The molecule has 0 aromatic heterocycles. The van der Waals surface area contributed by atoms with E-state index in [9.17, 15) is 4.39 Å². The molecule has 1 nitrogen and oxygen atoms in total. The Kier molecular flexibility index (Phi) is 2.65. The second-order valence-electron chi connectivity index (χ2n) is 5.29. The second kappa shape index (κ2) is 3.65. The van der Waals surface area contributed by atoms with Crippen molar-refractivity contribution in [3.05, 3.63) is 11.9 Å². The van der Waals surface area contributed by atoms with E-state index < -0.39 is 0 Å². The van der Waals surface area contributed by atoms with E-state index in [-0.39, 0.29) is 0 Å². The van der Waals surface area contributed by atoms with Crippen LogP contribution in [0, 0.1) is 5.92 Å². The Balaban J connectivity index is 2.14. The van der Waals surface area contributed by atoms with Gasteiger partial charge in [0.2, 0.25) is 0 Å². The summed E-state index contributed by atoms with van der Waals surface area (Å²) in [4.78, 5) is 2.50. The van der Waals surface area contributed by atoms with Crippen LogP contribution in [0.1, 0.15) is 39.5 Å². The molecule has 0 N–H and O–H groups in total. The van der Waals surface area contributed by atoms with E-state index in [2.05, 4.69) is 18.7 Å². The second-order valence-corrected chi connectivity index (χ2v) is 5.29. The molecule has 0 radical (unpaired) electrons. The summed E-state index contributed by atoms with van der Waals surface area (Å²) in [5, 5.41) is 0. The first-order valence-corrected chi connectivity index (χ1v) is 5.69. The average Bonchev–Trinajstić information content (AvgIpc) is 2.58. The van der Waals surface area contributed by atoms with Gasteiger partial charge in [-0.25, -0.2) is 4.39 Å². The highest BCUT2D eigenvalue weighted by Crippen LogP contribution is 2.45. The Morgan fingerprint density at radius 2 is 2.36 bits per heavy atom. The minimum absolute atomic E-state index is 0.325. The molecule has 14 heavy (non-hydrogen) atoms. The molecule has 0 aromatic carbocycles. The number of hydrogen-bond acceptors (Lipinski definition) is 1. The zero-order chi connectivity index (χ0) is 10.2. The van der Waals surface area contributed by atoms with Gasteiger partial charge in [0.1, 0.15) is 0 Å². The van der Waals surface area contributed by atoms with Gasteiger partial charge in [0.25, 0.3) is 0 Å². The molecule has 80 valence electrons. The number of fused-ring (bicyclic) bond motifs is 1. The van der Waals surface area contributed by atoms with Crippen molar-refractivity contribution in [2.45, 2.75) is 45.1 Å². The molecule has 0 amide bonds. The maximum atomic E-state index is 12.5. The lowest BCUT2D eigenvalue weighted by molar-refractivity contribution is 0.163. The molecule has 2 heteroatoms.